The van der Waals surface area contributed by atoms with Crippen LogP contribution in [0.2, 0.25) is 0 Å². The second-order valence-electron chi connectivity index (χ2n) is 4.10. The van der Waals surface area contributed by atoms with Crippen molar-refractivity contribution in [2.24, 2.45) is 0 Å². The van der Waals surface area contributed by atoms with Crippen LogP contribution in [0.3, 0.4) is 0 Å². The van der Waals surface area contributed by atoms with E-state index in [1.54, 1.807) is 6.07 Å². The van der Waals surface area contributed by atoms with E-state index in [1.165, 1.54) is 4.90 Å². The Morgan fingerprint density at radius 3 is 2.61 bits per heavy atom. The van der Waals surface area contributed by atoms with Gasteiger partial charge in [-0.2, -0.15) is 0 Å². The van der Waals surface area contributed by atoms with Gasteiger partial charge in [0, 0.05) is 10.1 Å². The molecule has 1 N–H and O–H groups in total. The van der Waals surface area contributed by atoms with E-state index in [4.69, 9.17) is 5.11 Å². The Labute approximate surface area is 120 Å². The van der Waals surface area contributed by atoms with Crippen LogP contribution in [0.15, 0.2) is 18.2 Å². The summed E-state index contributed by atoms with van der Waals surface area (Å²) in [5.74, 6) is -1.20. The van der Waals surface area contributed by atoms with Gasteiger partial charge in [0.25, 0.3) is 5.91 Å². The highest BCUT2D eigenvalue weighted by Gasteiger charge is 2.19. The van der Waals surface area contributed by atoms with Crippen LogP contribution in [-0.4, -0.2) is 35.0 Å². The summed E-state index contributed by atoms with van der Waals surface area (Å²) < 4.78 is 0.842. The Morgan fingerprint density at radius 1 is 1.39 bits per heavy atom. The molecule has 0 spiro atoms. The van der Waals surface area contributed by atoms with Gasteiger partial charge < -0.3 is 10.0 Å². The molecule has 0 aliphatic rings. The lowest BCUT2D eigenvalue weighted by Crippen LogP contribution is -2.36. The van der Waals surface area contributed by atoms with E-state index >= 15 is 0 Å². The molecule has 98 valence electrons. The van der Waals surface area contributed by atoms with Crippen LogP contribution in [0.25, 0.3) is 0 Å². The normalized spacial score (nSPS) is 10.2. The number of halogens is 1. The molecule has 0 bridgehead atoms. The standard InChI is InChI=1S/C13H16INO3/c1-3-6-15(8-12(16)17)13(18)10-7-9(2)4-5-11(10)14/h4-5,7H,3,6,8H2,1-2H3,(H,16,17). The summed E-state index contributed by atoms with van der Waals surface area (Å²) in [7, 11) is 0. The van der Waals surface area contributed by atoms with Gasteiger partial charge in [0.05, 0.1) is 5.56 Å². The second-order valence-corrected chi connectivity index (χ2v) is 5.27. The number of amides is 1. The minimum atomic E-state index is -0.987. The van der Waals surface area contributed by atoms with Gasteiger partial charge in [-0.3, -0.25) is 9.59 Å². The van der Waals surface area contributed by atoms with Gasteiger partial charge in [-0.25, -0.2) is 0 Å². The van der Waals surface area contributed by atoms with Gasteiger partial charge in [-0.15, -0.1) is 0 Å². The average Bonchev–Trinajstić information content (AvgIpc) is 2.30. The second kappa shape index (κ2) is 6.72. The number of hydrogen-bond donors (Lipinski definition) is 1. The van der Waals surface area contributed by atoms with Crippen molar-refractivity contribution in [2.75, 3.05) is 13.1 Å². The predicted molar refractivity (Wildman–Crippen MR) is 77.7 cm³/mol. The van der Waals surface area contributed by atoms with E-state index < -0.39 is 5.97 Å². The molecule has 5 heteroatoms. The Bertz CT molecular complexity index is 460. The van der Waals surface area contributed by atoms with Gasteiger partial charge in [0.15, 0.2) is 0 Å². The molecule has 0 radical (unpaired) electrons. The fourth-order valence-electron chi connectivity index (χ4n) is 1.66. The fraction of sp³-hybridized carbons (Fsp3) is 0.385. The molecule has 0 saturated heterocycles. The van der Waals surface area contributed by atoms with Crippen LogP contribution in [0, 0.1) is 10.5 Å². The molecule has 0 fully saturated rings. The quantitative estimate of drug-likeness (QED) is 0.820. The van der Waals surface area contributed by atoms with E-state index in [0.717, 1.165) is 15.6 Å². The topological polar surface area (TPSA) is 57.6 Å². The number of hydrogen-bond acceptors (Lipinski definition) is 2. The highest BCUT2D eigenvalue weighted by Crippen LogP contribution is 2.16. The fourth-order valence-corrected chi connectivity index (χ4v) is 2.23. The molecule has 1 amide bonds. The number of rotatable bonds is 5. The van der Waals surface area contributed by atoms with Gasteiger partial charge in [-0.05, 0) is 48.1 Å². The minimum absolute atomic E-state index is 0.215. The monoisotopic (exact) mass is 361 g/mol. The first kappa shape index (κ1) is 14.9. The zero-order valence-electron chi connectivity index (χ0n) is 10.4. The largest absolute Gasteiger partial charge is 0.480 e. The maximum Gasteiger partial charge on any atom is 0.323 e. The summed E-state index contributed by atoms with van der Waals surface area (Å²) in [6.07, 6.45) is 0.738. The van der Waals surface area contributed by atoms with Crippen molar-refractivity contribution in [1.82, 2.24) is 4.90 Å². The van der Waals surface area contributed by atoms with E-state index in [1.807, 2.05) is 26.0 Å². The number of carboxylic acid groups (broad SMARTS) is 1. The lowest BCUT2D eigenvalue weighted by atomic mass is 10.1. The highest BCUT2D eigenvalue weighted by atomic mass is 127. The van der Waals surface area contributed by atoms with Crippen LogP contribution < -0.4 is 0 Å². The molecule has 0 heterocycles. The molecule has 1 aromatic rings. The third kappa shape index (κ3) is 3.97. The number of carbonyl (C=O) groups is 2. The lowest BCUT2D eigenvalue weighted by Gasteiger charge is -2.20. The van der Waals surface area contributed by atoms with Crippen molar-refractivity contribution in [1.29, 1.82) is 0 Å². The summed E-state index contributed by atoms with van der Waals surface area (Å²) in [6.45, 7) is 4.03. The first-order chi connectivity index (χ1) is 8.45. The van der Waals surface area contributed by atoms with Crippen LogP contribution in [0.1, 0.15) is 29.3 Å². The van der Waals surface area contributed by atoms with E-state index in [2.05, 4.69) is 22.6 Å². The predicted octanol–water partition coefficient (Wildman–Crippen LogP) is 2.54. The summed E-state index contributed by atoms with van der Waals surface area (Å²) in [5.41, 5.74) is 1.57. The lowest BCUT2D eigenvalue weighted by molar-refractivity contribution is -0.137. The average molecular weight is 361 g/mol. The highest BCUT2D eigenvalue weighted by molar-refractivity contribution is 14.1. The van der Waals surface area contributed by atoms with Gasteiger partial charge in [0.2, 0.25) is 0 Å². The minimum Gasteiger partial charge on any atom is -0.480 e. The van der Waals surface area contributed by atoms with Gasteiger partial charge >= 0.3 is 5.97 Å². The molecule has 0 unspecified atom stereocenters. The van der Waals surface area contributed by atoms with Crippen LogP contribution >= 0.6 is 22.6 Å². The van der Waals surface area contributed by atoms with Crippen LogP contribution in [0.5, 0.6) is 0 Å². The zero-order valence-corrected chi connectivity index (χ0v) is 12.6. The third-order valence-electron chi connectivity index (χ3n) is 2.46. The summed E-state index contributed by atoms with van der Waals surface area (Å²) in [5, 5.41) is 8.83. The van der Waals surface area contributed by atoms with Gasteiger partial charge in [0.1, 0.15) is 6.54 Å². The third-order valence-corrected chi connectivity index (χ3v) is 3.40. The molecular formula is C13H16INO3. The number of aliphatic carboxylic acids is 1. The molecule has 0 saturated carbocycles. The molecule has 18 heavy (non-hydrogen) atoms. The molecule has 0 atom stereocenters. The number of benzene rings is 1. The number of carbonyl (C=O) groups excluding carboxylic acids is 1. The summed E-state index contributed by atoms with van der Waals surface area (Å²) in [6, 6.07) is 5.60. The van der Waals surface area contributed by atoms with Crippen molar-refractivity contribution in [3.63, 3.8) is 0 Å². The SMILES string of the molecule is CCCN(CC(=O)O)C(=O)c1cc(C)ccc1I. The van der Waals surface area contributed by atoms with Crippen molar-refractivity contribution >= 4 is 34.5 Å². The summed E-state index contributed by atoms with van der Waals surface area (Å²) >= 11 is 2.09. The Morgan fingerprint density at radius 2 is 2.06 bits per heavy atom. The van der Waals surface area contributed by atoms with Crippen molar-refractivity contribution in [3.05, 3.63) is 32.9 Å². The molecule has 4 nitrogen and oxygen atoms in total. The Hall–Kier alpha value is -1.11. The Kier molecular flexibility index (Phi) is 5.58. The zero-order chi connectivity index (χ0) is 13.7. The van der Waals surface area contributed by atoms with E-state index in [9.17, 15) is 9.59 Å². The van der Waals surface area contributed by atoms with Crippen molar-refractivity contribution in [2.45, 2.75) is 20.3 Å². The molecule has 0 aliphatic carbocycles. The van der Waals surface area contributed by atoms with E-state index in [-0.39, 0.29) is 12.5 Å². The van der Waals surface area contributed by atoms with E-state index in [0.29, 0.717) is 12.1 Å². The van der Waals surface area contributed by atoms with Crippen molar-refractivity contribution < 1.29 is 14.7 Å². The molecule has 1 rings (SSSR count). The molecular weight excluding hydrogens is 345 g/mol. The first-order valence-electron chi connectivity index (χ1n) is 5.73. The molecule has 0 aliphatic heterocycles. The summed E-state index contributed by atoms with van der Waals surface area (Å²) in [4.78, 5) is 24.5. The smallest absolute Gasteiger partial charge is 0.323 e. The first-order valence-corrected chi connectivity index (χ1v) is 6.80. The number of nitrogens with zero attached hydrogens (tertiary/aromatic N) is 1. The maximum absolute atomic E-state index is 12.3. The Balaban J connectivity index is 3.01. The van der Waals surface area contributed by atoms with Crippen LogP contribution in [-0.2, 0) is 4.79 Å². The number of carboxylic acids is 1. The number of aryl methyl sites for hydroxylation is 1. The van der Waals surface area contributed by atoms with Crippen LogP contribution in [0.4, 0.5) is 0 Å². The molecule has 1 aromatic carbocycles. The van der Waals surface area contributed by atoms with Crippen molar-refractivity contribution in [3.8, 4) is 0 Å². The van der Waals surface area contributed by atoms with Gasteiger partial charge in [-0.1, -0.05) is 18.6 Å². The maximum atomic E-state index is 12.3. The molecule has 0 aromatic heterocycles.